The number of hydrogen-bond acceptors (Lipinski definition) is 2. The van der Waals surface area contributed by atoms with E-state index in [4.69, 9.17) is 57.6 Å². The summed E-state index contributed by atoms with van der Waals surface area (Å²) in [5.41, 5.74) is -34.8. The van der Waals surface area contributed by atoms with E-state index < -0.39 is 568 Å². The van der Waals surface area contributed by atoms with E-state index in [-0.39, 0.29) is 10.5 Å². The monoisotopic (exact) mass is 1590 g/mol. The summed E-state index contributed by atoms with van der Waals surface area (Å²) in [4.78, 5) is 0.593. The number of fused-ring (bicyclic) bond motifs is 12. The van der Waals surface area contributed by atoms with Gasteiger partial charge in [0.05, 0.1) is 103 Å². The van der Waals surface area contributed by atoms with Crippen LogP contribution >= 0.6 is 0 Å². The van der Waals surface area contributed by atoms with Gasteiger partial charge in [-0.2, -0.15) is 0 Å². The average Bonchev–Trinajstić information content (AvgIpc) is 1.49. The van der Waals surface area contributed by atoms with Gasteiger partial charge < -0.3 is 18.9 Å². The largest absolute Gasteiger partial charge is 0.310 e. The predicted molar refractivity (Wildman–Crippen MR) is 503 cm³/mol. The zero-order valence-electron chi connectivity index (χ0n) is 132. The van der Waals surface area contributed by atoms with E-state index in [1.165, 1.54) is 6.07 Å². The number of rotatable bonds is 14. The van der Waals surface area contributed by atoms with Gasteiger partial charge in [-0.3, -0.25) is 0 Å². The standard InChI is InChI=1S/C58H44N2.C57H42N2/c1-39-35-51-49-21-10-12-23-53(49)58(2,3)54(51)38-57(39)59(47-32-29-43(30-33-47)42-27-25-41(26-28-42)40-15-6-4-7-16-40)48-20-14-17-44(36-48)45-31-34-56-52(37-45)50-22-11-13-24-55(50)60(56)46-18-8-5-9-19-46;1-57(2)53-22-11-9-20-49(53)50-34-33-48(38-54(50)57)58(46-31-28-42(29-32-46)41-26-24-40(25-27-41)39-14-5-3-6-15-39)47-19-13-16-43(36-47)44-30-35-56-52(37-44)51-21-10-12-23-55(51)59(56)45-17-7-4-8-18-45/h4-38H,1-3H3;3-38H,1-2H3/i2D3,3D3,4D,5D,6D,7D,8D,9D,10D,11D,12D,13D,14D,15D,16D,17D,18D,19D,20D,21D,22D,23D,24D,25D,26D,27D,28D,29D,30D,31D,32D,33D,34D,35D,36D,37D,38D;1D3,2D3,3D,5D,6D,9D,11D,13D,14D,15D,16D,19D,20D,22D,24D,25D,26D,27D,28D,29D,31D,32D,33D,34D,36D,38D. The van der Waals surface area contributed by atoms with E-state index in [0.717, 1.165) is 18.1 Å². The Morgan fingerprint density at radius 1 is 0.244 bits per heavy atom. The summed E-state index contributed by atoms with van der Waals surface area (Å²) in [5, 5.41) is -0.343. The molecule has 4 nitrogen and oxygen atoms in total. The van der Waals surface area contributed by atoms with E-state index in [1.807, 2.05) is 53.1 Å². The molecule has 0 atom stereocenters. The van der Waals surface area contributed by atoms with Crippen LogP contribution in [0.5, 0.6) is 0 Å². The van der Waals surface area contributed by atoms with Crippen molar-refractivity contribution in [2.24, 2.45) is 0 Å². The highest BCUT2D eigenvalue weighted by Gasteiger charge is 2.38. The highest BCUT2D eigenvalue weighted by atomic mass is 15.2. The number of nitrogens with zero attached hydrogens (tertiary/aromatic N) is 4. The van der Waals surface area contributed by atoms with Gasteiger partial charge in [-0.15, -0.1) is 0 Å². The van der Waals surface area contributed by atoms with E-state index in [2.05, 4.69) is 0 Å². The maximum Gasteiger partial charge on any atom is 0.0651 e. The number of para-hydroxylation sites is 4. The predicted octanol–water partition coefficient (Wildman–Crippen LogP) is 31.4. The Bertz CT molecular complexity index is 11400. The average molecular weight is 1600 g/mol. The summed E-state index contributed by atoms with van der Waals surface area (Å²) in [6.45, 7) is -15.2. The van der Waals surface area contributed by atoms with Crippen LogP contribution in [-0.2, 0) is 10.8 Å². The molecule has 0 N–H and O–H groups in total. The van der Waals surface area contributed by atoms with Crippen molar-refractivity contribution in [3.8, 4) is 100 Å². The van der Waals surface area contributed by atoms with Crippen LogP contribution in [0.1, 0.15) is 153 Å². The van der Waals surface area contributed by atoms with E-state index >= 15 is 0 Å². The molecule has 18 aromatic carbocycles. The molecule has 2 aliphatic carbocycles. The fourth-order valence-electron chi connectivity index (χ4n) is 14.1. The smallest absolute Gasteiger partial charge is 0.0651 e. The number of anilines is 6. The van der Waals surface area contributed by atoms with Gasteiger partial charge in [0.25, 0.3) is 0 Å². The Morgan fingerprint density at radius 2 is 0.672 bits per heavy atom. The Hall–Kier alpha value is -14.8. The molecule has 566 valence electrons. The maximum absolute atomic E-state index is 10.3. The second kappa shape index (κ2) is 29.5. The lowest BCUT2D eigenvalue weighted by Gasteiger charge is -2.30. The van der Waals surface area contributed by atoms with Crippen LogP contribution in [0.15, 0.2) is 429 Å². The number of aromatic nitrogens is 2. The molecule has 0 fully saturated rings. The Balaban J connectivity index is 0.000000213. The van der Waals surface area contributed by atoms with Crippen LogP contribution in [0.25, 0.3) is 144 Å². The van der Waals surface area contributed by atoms with Crippen molar-refractivity contribution in [2.75, 3.05) is 9.80 Å². The molecule has 22 rings (SSSR count). The van der Waals surface area contributed by atoms with Gasteiger partial charge in [-0.1, -0.05) is 324 Å². The Kier molecular flexibility index (Phi) is 7.21. The van der Waals surface area contributed by atoms with Crippen molar-refractivity contribution >= 4 is 77.7 Å². The fraction of sp³-hybridized carbons (Fsp3) is 0.0609. The zero-order chi connectivity index (χ0) is 141. The summed E-state index contributed by atoms with van der Waals surface area (Å²) >= 11 is 0. The molecule has 0 amide bonds. The van der Waals surface area contributed by atoms with Gasteiger partial charge in [0.2, 0.25) is 0 Å². The fourth-order valence-corrected chi connectivity index (χ4v) is 14.1. The van der Waals surface area contributed by atoms with Crippen molar-refractivity contribution in [1.29, 1.82) is 0 Å². The normalized spacial score (nSPS) is 21.6. The van der Waals surface area contributed by atoms with Crippen LogP contribution in [0, 0.1) is 6.92 Å². The summed E-state index contributed by atoms with van der Waals surface area (Å²) in [5.74, 6) is 0. The first kappa shape index (κ1) is 29.1. The first-order valence-corrected chi connectivity index (χ1v) is 35.7. The number of hydrogen-bond donors (Lipinski definition) is 0. The van der Waals surface area contributed by atoms with Gasteiger partial charge in [-0.05, 0) is 257 Å². The van der Waals surface area contributed by atoms with E-state index in [9.17, 15) is 39.8 Å². The SMILES string of the molecule is [2H]c1c([2H])c([2H])c(-c2c([2H])c([2H])c(-c3c([2H])c([2H])c(N(c4c([2H])c([2H])c([2H])c(-c5c([2H])c([2H])c6c(c5[2H])c5c([2H])c([2H])c([2H])c([2H])c5n6-c5c([2H])c([2H])c([2H])c([2H])c5[2H])c4[2H])c4c([2H])c5c(c([2H])c4C)-c4c([2H])c([2H])c([2H])c([2H])c4C5(C([2H])([2H])[2H])C([2H])([2H])[2H])c([2H])c3[2H])c([2H])c2[2H])c([2H])c1[2H].[2H]c1c([2H])c([2H])c(-c2c([2H])c([2H])c(-c3c([2H])c([2H])c(N(c4c([2H])c([2H])c([2H])c(-c5ccc6c(c5)c5ccccc5n6-c5ccccc5)c4[2H])c4c([2H])c([2H])c5c(c4[2H])C(C([2H])([2H])[2H])(C([2H])([2H])[2H])c4c([2H])c([2H])c([2H])c([2H])c4-5)c([2H])c3[2H])c([2H])c2[2H])c([2H])c1[2H]. The number of benzene rings is 18. The highest BCUT2D eigenvalue weighted by molar-refractivity contribution is 6.12. The molecule has 0 aliphatic heterocycles. The second-order valence-corrected chi connectivity index (χ2v) is 26.4. The molecule has 2 heterocycles. The molecule has 0 unspecified atom stereocenters. The molecule has 2 aromatic heterocycles. The van der Waals surface area contributed by atoms with Gasteiger partial charge in [0.1, 0.15) is 0 Å². The van der Waals surface area contributed by atoms with Gasteiger partial charge >= 0.3 is 0 Å². The molecule has 0 saturated heterocycles. The van der Waals surface area contributed by atoms with Crippen LogP contribution < -0.4 is 9.80 Å². The minimum atomic E-state index is -4.08. The molecule has 0 radical (unpaired) electrons. The van der Waals surface area contributed by atoms with Crippen molar-refractivity contribution in [1.82, 2.24) is 9.13 Å². The van der Waals surface area contributed by atoms with Crippen LogP contribution in [0.4, 0.5) is 34.1 Å². The third-order valence-corrected chi connectivity index (χ3v) is 19.5. The van der Waals surface area contributed by atoms with Gasteiger partial charge in [0.15, 0.2) is 0 Å². The summed E-state index contributed by atoms with van der Waals surface area (Å²) < 4.78 is 652. The van der Waals surface area contributed by atoms with Gasteiger partial charge in [-0.25, -0.2) is 0 Å². The molecular formula is C115H86N4. The maximum atomic E-state index is 10.3. The van der Waals surface area contributed by atoms with E-state index in [1.54, 1.807) is 18.2 Å². The minimum absolute atomic E-state index is 0.0124. The van der Waals surface area contributed by atoms with Crippen molar-refractivity contribution < 1.29 is 97.3 Å². The van der Waals surface area contributed by atoms with Gasteiger partial charge in [0, 0.05) is 94.3 Å². The molecule has 20 aromatic rings. The molecule has 0 spiro atoms. The topological polar surface area (TPSA) is 16.3 Å². The lowest BCUT2D eigenvalue weighted by molar-refractivity contribution is 0.660. The molecule has 119 heavy (non-hydrogen) atoms. The Labute approximate surface area is 796 Å². The summed E-state index contributed by atoms with van der Waals surface area (Å²) in [6, 6.07) is -46.0. The molecular weight excluding hydrogens is 1440 g/mol. The minimum Gasteiger partial charge on any atom is -0.310 e. The highest BCUT2D eigenvalue weighted by Crippen LogP contribution is 2.54. The summed E-state index contributed by atoms with van der Waals surface area (Å²) in [7, 11) is 0. The van der Waals surface area contributed by atoms with Crippen molar-refractivity contribution in [2.45, 2.75) is 45.2 Å². The van der Waals surface area contributed by atoms with Crippen LogP contribution in [0.2, 0.25) is 0 Å². The first-order chi connectivity index (χ1) is 88.1. The first-order valence-electron chi connectivity index (χ1n) is 71.2. The van der Waals surface area contributed by atoms with Crippen molar-refractivity contribution in [3.05, 3.63) is 457 Å². The van der Waals surface area contributed by atoms with Crippen LogP contribution in [0.3, 0.4) is 0 Å². The Morgan fingerprint density at radius 3 is 1.29 bits per heavy atom. The molecule has 2 aliphatic rings. The second-order valence-electron chi connectivity index (χ2n) is 26.4. The third kappa shape index (κ3) is 12.7. The third-order valence-electron chi connectivity index (χ3n) is 19.5. The lowest BCUT2D eigenvalue weighted by Crippen LogP contribution is -2.17. The molecule has 4 heteroatoms. The summed E-state index contributed by atoms with van der Waals surface area (Å²) in [6.07, 6.45) is 0. The van der Waals surface area contributed by atoms with Crippen LogP contribution in [-0.4, -0.2) is 9.13 Å². The zero-order valence-corrected chi connectivity index (χ0v) is 60.7. The molecule has 0 saturated carbocycles. The molecule has 0 bridgehead atoms. The van der Waals surface area contributed by atoms with Crippen molar-refractivity contribution in [3.63, 3.8) is 0 Å². The van der Waals surface area contributed by atoms with E-state index in [0.29, 0.717) is 25.8 Å². The quantitative estimate of drug-likeness (QED) is 0.108. The lowest BCUT2D eigenvalue weighted by atomic mass is 9.82.